The highest BCUT2D eigenvalue weighted by molar-refractivity contribution is 5.91. The van der Waals surface area contributed by atoms with Gasteiger partial charge in [-0.25, -0.2) is 0 Å². The van der Waals surface area contributed by atoms with Gasteiger partial charge in [-0.1, -0.05) is 38.5 Å². The number of hydroxylamine groups is 2. The maximum absolute atomic E-state index is 13.2. The Labute approximate surface area is 216 Å². The van der Waals surface area contributed by atoms with E-state index < -0.39 is 5.97 Å². The molecule has 1 amide bonds. The van der Waals surface area contributed by atoms with Crippen molar-refractivity contribution >= 4 is 17.6 Å². The highest BCUT2D eigenvalue weighted by atomic mass is 16.7. The predicted molar refractivity (Wildman–Crippen MR) is 142 cm³/mol. The number of anilines is 1. The second-order valence-corrected chi connectivity index (χ2v) is 12.7. The van der Waals surface area contributed by atoms with E-state index in [0.717, 1.165) is 54.2 Å². The van der Waals surface area contributed by atoms with E-state index in [0.29, 0.717) is 23.7 Å². The van der Waals surface area contributed by atoms with Gasteiger partial charge in [0.05, 0.1) is 6.04 Å². The third-order valence-electron chi connectivity index (χ3n) is 8.04. The highest BCUT2D eigenvalue weighted by Crippen LogP contribution is 2.53. The standard InChI is InChI=1S/C30H44N2O4/c1-18-7-11-24(19(2)13-18)31-25(33)16-22(10-12-26(34)35)28-27(21-8-9-21)29(36-32(28)6)23-14-20(15-23)17-30(3,4)5/h7,11,13,20-23,28H,8-10,12,14-17H2,1-6H3,(H,31,33)(H,34,35). The van der Waals surface area contributed by atoms with Gasteiger partial charge < -0.3 is 15.3 Å². The molecule has 36 heavy (non-hydrogen) atoms. The summed E-state index contributed by atoms with van der Waals surface area (Å²) in [6.07, 6.45) is 6.66. The highest BCUT2D eigenvalue weighted by Gasteiger charge is 2.49. The van der Waals surface area contributed by atoms with Gasteiger partial charge in [0.25, 0.3) is 0 Å². The van der Waals surface area contributed by atoms with Crippen molar-refractivity contribution in [2.75, 3.05) is 12.4 Å². The summed E-state index contributed by atoms with van der Waals surface area (Å²) in [5.74, 6) is 1.82. The SMILES string of the molecule is Cc1ccc(NC(=O)CC(CCC(=O)O)C2C(C3CC3)=C(C3CC(CC(C)(C)C)C3)ON2C)c(C)c1. The number of hydrogen-bond acceptors (Lipinski definition) is 4. The molecular weight excluding hydrogens is 452 g/mol. The number of aryl methyl sites for hydroxylation is 2. The number of carboxylic acid groups (broad SMARTS) is 1. The molecule has 6 heteroatoms. The maximum Gasteiger partial charge on any atom is 0.303 e. The quantitative estimate of drug-likeness (QED) is 0.387. The number of benzene rings is 1. The number of likely N-dealkylation sites (N-methyl/N-ethyl adjacent to an activating group) is 1. The number of carbonyl (C=O) groups is 2. The van der Waals surface area contributed by atoms with Crippen molar-refractivity contribution in [1.29, 1.82) is 0 Å². The number of hydrogen-bond donors (Lipinski definition) is 2. The minimum absolute atomic E-state index is 0.0432. The number of rotatable bonds is 10. The lowest BCUT2D eigenvalue weighted by Gasteiger charge is -2.39. The smallest absolute Gasteiger partial charge is 0.303 e. The van der Waals surface area contributed by atoms with Crippen molar-refractivity contribution in [3.05, 3.63) is 40.7 Å². The monoisotopic (exact) mass is 496 g/mol. The second-order valence-electron chi connectivity index (χ2n) is 12.7. The molecule has 2 N–H and O–H groups in total. The summed E-state index contributed by atoms with van der Waals surface area (Å²) in [7, 11) is 1.96. The fourth-order valence-corrected chi connectivity index (χ4v) is 6.36. The second kappa shape index (κ2) is 10.6. The maximum atomic E-state index is 13.2. The van der Waals surface area contributed by atoms with Crippen LogP contribution >= 0.6 is 0 Å². The van der Waals surface area contributed by atoms with Gasteiger partial charge in [-0.2, -0.15) is 0 Å². The first-order valence-electron chi connectivity index (χ1n) is 13.6. The van der Waals surface area contributed by atoms with E-state index in [4.69, 9.17) is 4.84 Å². The first kappa shape index (κ1) is 26.7. The lowest BCUT2D eigenvalue weighted by atomic mass is 9.66. The molecule has 2 atom stereocenters. The Bertz CT molecular complexity index is 1010. The summed E-state index contributed by atoms with van der Waals surface area (Å²) in [6, 6.07) is 5.95. The fraction of sp³-hybridized carbons (Fsp3) is 0.667. The van der Waals surface area contributed by atoms with Crippen LogP contribution < -0.4 is 5.32 Å². The van der Waals surface area contributed by atoms with Crippen molar-refractivity contribution in [3.63, 3.8) is 0 Å². The molecule has 1 aromatic rings. The normalized spacial score (nSPS) is 25.3. The van der Waals surface area contributed by atoms with Gasteiger partial charge in [0.15, 0.2) is 0 Å². The first-order valence-corrected chi connectivity index (χ1v) is 13.6. The van der Waals surface area contributed by atoms with E-state index in [2.05, 4.69) is 32.2 Å². The lowest BCUT2D eigenvalue weighted by Crippen LogP contribution is -2.37. The van der Waals surface area contributed by atoms with Crippen LogP contribution in [-0.4, -0.2) is 35.1 Å². The molecule has 1 aliphatic heterocycles. The fourth-order valence-electron chi connectivity index (χ4n) is 6.36. The van der Waals surface area contributed by atoms with E-state index in [1.807, 2.05) is 38.1 Å². The van der Waals surface area contributed by atoms with Crippen LogP contribution in [0.1, 0.15) is 83.3 Å². The van der Waals surface area contributed by atoms with Gasteiger partial charge in [-0.3, -0.25) is 9.59 Å². The third kappa shape index (κ3) is 6.50. The average molecular weight is 497 g/mol. The number of carbonyl (C=O) groups excluding carboxylic acids is 1. The molecule has 1 heterocycles. The van der Waals surface area contributed by atoms with Crippen LogP contribution in [0.3, 0.4) is 0 Å². The van der Waals surface area contributed by atoms with Crippen LogP contribution in [0.5, 0.6) is 0 Å². The Morgan fingerprint density at radius 3 is 2.44 bits per heavy atom. The molecule has 3 aliphatic rings. The van der Waals surface area contributed by atoms with Gasteiger partial charge in [-0.05, 0) is 92.7 Å². The van der Waals surface area contributed by atoms with Crippen molar-refractivity contribution in [1.82, 2.24) is 5.06 Å². The van der Waals surface area contributed by atoms with E-state index in [1.54, 1.807) is 0 Å². The zero-order valence-electron chi connectivity index (χ0n) is 22.9. The third-order valence-corrected chi connectivity index (χ3v) is 8.04. The molecule has 0 aromatic heterocycles. The molecule has 0 bridgehead atoms. The molecule has 0 saturated heterocycles. The average Bonchev–Trinajstić information content (AvgIpc) is 3.52. The summed E-state index contributed by atoms with van der Waals surface area (Å²) >= 11 is 0. The van der Waals surface area contributed by atoms with Crippen LogP contribution in [0.25, 0.3) is 0 Å². The van der Waals surface area contributed by atoms with Crippen molar-refractivity contribution < 1.29 is 19.5 Å². The van der Waals surface area contributed by atoms with Crippen molar-refractivity contribution in [2.45, 2.75) is 92.0 Å². The van der Waals surface area contributed by atoms with Crippen LogP contribution in [0.15, 0.2) is 29.5 Å². The molecule has 2 saturated carbocycles. The first-order chi connectivity index (χ1) is 16.9. The lowest BCUT2D eigenvalue weighted by molar-refractivity contribution is -0.140. The van der Waals surface area contributed by atoms with Crippen LogP contribution in [0.4, 0.5) is 5.69 Å². The Morgan fingerprint density at radius 1 is 1.17 bits per heavy atom. The largest absolute Gasteiger partial charge is 0.481 e. The van der Waals surface area contributed by atoms with Gasteiger partial charge in [0.1, 0.15) is 5.76 Å². The zero-order chi connectivity index (χ0) is 26.2. The summed E-state index contributed by atoms with van der Waals surface area (Å²) < 4.78 is 0. The predicted octanol–water partition coefficient (Wildman–Crippen LogP) is 6.49. The molecular formula is C30H44N2O4. The molecule has 0 radical (unpaired) electrons. The van der Waals surface area contributed by atoms with Crippen molar-refractivity contribution in [3.8, 4) is 0 Å². The van der Waals surface area contributed by atoms with E-state index in [-0.39, 0.29) is 30.7 Å². The number of nitrogens with one attached hydrogen (secondary N) is 1. The molecule has 2 aliphatic carbocycles. The number of carboxylic acids is 1. The Kier molecular flexibility index (Phi) is 7.84. The topological polar surface area (TPSA) is 78.9 Å². The molecule has 1 aromatic carbocycles. The molecule has 0 spiro atoms. The number of nitrogens with zero attached hydrogens (tertiary/aromatic N) is 1. The zero-order valence-corrected chi connectivity index (χ0v) is 22.9. The molecule has 6 nitrogen and oxygen atoms in total. The van der Waals surface area contributed by atoms with Crippen LogP contribution in [-0.2, 0) is 14.4 Å². The number of allylic oxidation sites excluding steroid dienone is 1. The van der Waals surface area contributed by atoms with Crippen LogP contribution in [0.2, 0.25) is 0 Å². The summed E-state index contributed by atoms with van der Waals surface area (Å²) in [4.78, 5) is 31.1. The van der Waals surface area contributed by atoms with Gasteiger partial charge in [0, 0.05) is 31.5 Å². The molecule has 198 valence electrons. The van der Waals surface area contributed by atoms with Crippen molar-refractivity contribution in [2.24, 2.45) is 29.1 Å². The Hall–Kier alpha value is -2.34. The summed E-state index contributed by atoms with van der Waals surface area (Å²) in [5, 5.41) is 14.4. The van der Waals surface area contributed by atoms with Gasteiger partial charge in [-0.15, -0.1) is 5.06 Å². The van der Waals surface area contributed by atoms with E-state index >= 15 is 0 Å². The molecule has 2 fully saturated rings. The molecule has 4 rings (SSSR count). The van der Waals surface area contributed by atoms with Crippen LogP contribution in [0, 0.1) is 42.9 Å². The minimum atomic E-state index is -0.822. The van der Waals surface area contributed by atoms with Gasteiger partial charge in [0.2, 0.25) is 5.91 Å². The number of amides is 1. The minimum Gasteiger partial charge on any atom is -0.481 e. The number of aliphatic carboxylic acids is 1. The van der Waals surface area contributed by atoms with E-state index in [1.165, 1.54) is 12.0 Å². The summed E-state index contributed by atoms with van der Waals surface area (Å²) in [5.41, 5.74) is 4.69. The Balaban J connectivity index is 1.52. The summed E-state index contributed by atoms with van der Waals surface area (Å²) in [6.45, 7) is 11.0. The van der Waals surface area contributed by atoms with Gasteiger partial charge >= 0.3 is 5.97 Å². The molecule has 2 unspecified atom stereocenters. The Morgan fingerprint density at radius 2 is 1.86 bits per heavy atom. The van der Waals surface area contributed by atoms with E-state index in [9.17, 15) is 14.7 Å².